The first-order valence-corrected chi connectivity index (χ1v) is 13.0. The molecule has 0 saturated carbocycles. The highest BCUT2D eigenvalue weighted by Gasteiger charge is 2.29. The first kappa shape index (κ1) is 26.9. The van der Waals surface area contributed by atoms with Gasteiger partial charge in [-0.05, 0) is 31.4 Å². The van der Waals surface area contributed by atoms with E-state index in [1.54, 1.807) is 7.11 Å². The Hall–Kier alpha value is -3.11. The number of nitrogens with two attached hydrogens (primary N) is 1. The number of fused-ring (bicyclic) bond motifs is 1. The summed E-state index contributed by atoms with van der Waals surface area (Å²) in [5.74, 6) is 0.903. The molecule has 2 aromatic heterocycles. The third-order valence-electron chi connectivity index (χ3n) is 6.74. The van der Waals surface area contributed by atoms with Crippen LogP contribution in [0.5, 0.6) is 5.75 Å². The Morgan fingerprint density at radius 2 is 1.89 bits per heavy atom. The van der Waals surface area contributed by atoms with Crippen LogP contribution >= 0.6 is 11.6 Å². The number of rotatable bonds is 8. The van der Waals surface area contributed by atoms with Gasteiger partial charge in [-0.15, -0.1) is 9.78 Å². The zero-order valence-electron chi connectivity index (χ0n) is 22.5. The molecular weight excluding hydrogens is 494 g/mol. The van der Waals surface area contributed by atoms with Crippen molar-refractivity contribution in [3.05, 3.63) is 34.5 Å². The highest BCUT2D eigenvalue weighted by atomic mass is 35.5. The second-order valence-electron chi connectivity index (χ2n) is 10.1. The summed E-state index contributed by atoms with van der Waals surface area (Å²) < 4.78 is 14.4. The molecule has 200 valence electrons. The molecule has 3 heterocycles. The van der Waals surface area contributed by atoms with E-state index in [1.165, 1.54) is 9.20 Å². The number of morpholine rings is 1. The van der Waals surface area contributed by atoms with E-state index in [1.807, 2.05) is 18.2 Å². The summed E-state index contributed by atoms with van der Waals surface area (Å²) in [6.45, 7) is 14.7. The number of halogens is 1. The standard InChI is InChI=1S/C26H36ClN7O3/c1-7-31(8-2)20-15-22-29-33(25(28)34(22)30-24(20)27)16-21(35)17-13-18(26(3,4)5)23(36-6)19(14-17)32-9-11-37-12-10-32/h13-15,28H,7-12,16H2,1-6H3/p+1. The summed E-state index contributed by atoms with van der Waals surface area (Å²) in [4.78, 5) is 17.9. The SMILES string of the molecule is CCN(CC)c1cc2nn(CC(=O)c3cc(N4CCOCC4)c(OC)c(C(C)(C)C)c3)c(N)[n+]2nc1Cl. The van der Waals surface area contributed by atoms with Crippen molar-refractivity contribution in [3.8, 4) is 5.75 Å². The Bertz CT molecular complexity index is 1290. The van der Waals surface area contributed by atoms with Crippen LogP contribution in [0.4, 0.5) is 17.3 Å². The highest BCUT2D eigenvalue weighted by Crippen LogP contribution is 2.40. The van der Waals surface area contributed by atoms with Gasteiger partial charge in [0.15, 0.2) is 17.5 Å². The van der Waals surface area contributed by atoms with Gasteiger partial charge < -0.3 is 25.0 Å². The number of nitrogen functional groups attached to an aromatic ring is 1. The van der Waals surface area contributed by atoms with Crippen LogP contribution in [-0.4, -0.2) is 67.2 Å². The molecule has 0 unspecified atom stereocenters. The van der Waals surface area contributed by atoms with Crippen LogP contribution in [-0.2, 0) is 16.7 Å². The molecule has 11 heteroatoms. The van der Waals surface area contributed by atoms with Crippen LogP contribution in [0.3, 0.4) is 0 Å². The number of carbonyl (C=O) groups is 1. The number of hydrogen-bond donors (Lipinski definition) is 1. The van der Waals surface area contributed by atoms with Crippen LogP contribution in [0, 0.1) is 0 Å². The predicted octanol–water partition coefficient (Wildman–Crippen LogP) is 3.12. The maximum absolute atomic E-state index is 13.6. The number of ketones is 1. The van der Waals surface area contributed by atoms with Crippen molar-refractivity contribution in [3.63, 3.8) is 0 Å². The summed E-state index contributed by atoms with van der Waals surface area (Å²) in [5, 5.41) is 9.34. The average molecular weight is 531 g/mol. The molecule has 2 N–H and O–H groups in total. The quantitative estimate of drug-likeness (QED) is 0.350. The van der Waals surface area contributed by atoms with Crippen LogP contribution in [0.15, 0.2) is 18.2 Å². The third-order valence-corrected chi connectivity index (χ3v) is 7.01. The van der Waals surface area contributed by atoms with Crippen molar-refractivity contribution in [1.82, 2.24) is 14.9 Å². The highest BCUT2D eigenvalue weighted by molar-refractivity contribution is 6.31. The molecule has 0 bridgehead atoms. The zero-order chi connectivity index (χ0) is 26.9. The zero-order valence-corrected chi connectivity index (χ0v) is 23.3. The average Bonchev–Trinajstić information content (AvgIpc) is 3.17. The largest absolute Gasteiger partial charge is 0.494 e. The van der Waals surface area contributed by atoms with Gasteiger partial charge in [0.1, 0.15) is 5.75 Å². The minimum atomic E-state index is -0.237. The molecule has 0 aliphatic carbocycles. The second kappa shape index (κ2) is 10.7. The van der Waals surface area contributed by atoms with Crippen molar-refractivity contribution in [2.75, 3.05) is 62.0 Å². The molecule has 3 aromatic rings. The lowest BCUT2D eigenvalue weighted by Gasteiger charge is -2.33. The second-order valence-corrected chi connectivity index (χ2v) is 10.5. The molecule has 0 radical (unpaired) electrons. The minimum absolute atomic E-state index is 0.0358. The number of carbonyl (C=O) groups excluding carboxylic acids is 1. The van der Waals surface area contributed by atoms with Crippen LogP contribution in [0.25, 0.3) is 5.65 Å². The van der Waals surface area contributed by atoms with Gasteiger partial charge in [-0.1, -0.05) is 36.9 Å². The number of aromatic nitrogens is 4. The molecule has 10 nitrogen and oxygen atoms in total. The van der Waals surface area contributed by atoms with Crippen LogP contribution in [0.2, 0.25) is 5.15 Å². The number of Topliss-reactive ketones (excluding diaryl/α,β-unsaturated/α-hetero) is 1. The van der Waals surface area contributed by atoms with E-state index in [9.17, 15) is 4.79 Å². The van der Waals surface area contributed by atoms with E-state index in [-0.39, 0.29) is 23.7 Å². The van der Waals surface area contributed by atoms with Gasteiger partial charge in [-0.25, -0.2) is 0 Å². The number of nitrogens with zero attached hydrogens (tertiary/aromatic N) is 6. The van der Waals surface area contributed by atoms with Crippen molar-refractivity contribution in [1.29, 1.82) is 0 Å². The van der Waals surface area contributed by atoms with E-state index in [2.05, 4.69) is 54.6 Å². The molecule has 0 spiro atoms. The van der Waals surface area contributed by atoms with Crippen molar-refractivity contribution < 1.29 is 18.8 Å². The summed E-state index contributed by atoms with van der Waals surface area (Å²) in [6.07, 6.45) is 0. The molecule has 37 heavy (non-hydrogen) atoms. The van der Waals surface area contributed by atoms with E-state index in [0.717, 1.165) is 48.9 Å². The maximum atomic E-state index is 13.6. The molecule has 1 saturated heterocycles. The fraction of sp³-hybridized carbons (Fsp3) is 0.538. The number of methoxy groups -OCH3 is 1. The van der Waals surface area contributed by atoms with Crippen LogP contribution < -0.4 is 24.8 Å². The summed E-state index contributed by atoms with van der Waals surface area (Å²) in [7, 11) is 1.67. The predicted molar refractivity (Wildman–Crippen MR) is 145 cm³/mol. The smallest absolute Gasteiger partial charge is 0.366 e. The molecule has 1 aliphatic heterocycles. The Morgan fingerprint density at radius 3 is 2.49 bits per heavy atom. The van der Waals surface area contributed by atoms with Crippen molar-refractivity contribution in [2.24, 2.45) is 0 Å². The van der Waals surface area contributed by atoms with Crippen molar-refractivity contribution >= 4 is 40.4 Å². The molecular formula is C26H37ClN7O3+. The lowest BCUT2D eigenvalue weighted by Crippen LogP contribution is -2.37. The molecule has 1 aromatic carbocycles. The number of benzene rings is 1. The number of anilines is 3. The number of hydrogen-bond acceptors (Lipinski definition) is 8. The molecule has 4 rings (SSSR count). The van der Waals surface area contributed by atoms with E-state index in [0.29, 0.717) is 29.6 Å². The van der Waals surface area contributed by atoms with Gasteiger partial charge in [0.25, 0.3) is 5.65 Å². The summed E-state index contributed by atoms with van der Waals surface area (Å²) in [6, 6.07) is 5.68. The van der Waals surface area contributed by atoms with E-state index < -0.39 is 0 Å². The Morgan fingerprint density at radius 1 is 1.22 bits per heavy atom. The minimum Gasteiger partial charge on any atom is -0.494 e. The molecule has 0 amide bonds. The van der Waals surface area contributed by atoms with Gasteiger partial charge in [0, 0.05) is 48.5 Å². The lowest BCUT2D eigenvalue weighted by atomic mass is 9.84. The lowest BCUT2D eigenvalue weighted by molar-refractivity contribution is -0.565. The van der Waals surface area contributed by atoms with Gasteiger partial charge in [0.2, 0.25) is 0 Å². The van der Waals surface area contributed by atoms with Crippen molar-refractivity contribution in [2.45, 2.75) is 46.6 Å². The molecule has 1 fully saturated rings. The van der Waals surface area contributed by atoms with E-state index >= 15 is 0 Å². The van der Waals surface area contributed by atoms with Gasteiger partial charge in [-0.3, -0.25) is 4.79 Å². The first-order chi connectivity index (χ1) is 17.6. The Kier molecular flexibility index (Phi) is 7.80. The van der Waals surface area contributed by atoms with Gasteiger partial charge in [-0.2, -0.15) is 0 Å². The maximum Gasteiger partial charge on any atom is 0.366 e. The molecule has 0 atom stereocenters. The summed E-state index contributed by atoms with van der Waals surface area (Å²) >= 11 is 6.46. The van der Waals surface area contributed by atoms with Gasteiger partial charge >= 0.3 is 5.95 Å². The Balaban J connectivity index is 1.73. The first-order valence-electron chi connectivity index (χ1n) is 12.7. The van der Waals surface area contributed by atoms with Gasteiger partial charge in [0.05, 0.1) is 31.7 Å². The monoisotopic (exact) mass is 530 g/mol. The van der Waals surface area contributed by atoms with E-state index in [4.69, 9.17) is 26.8 Å². The summed E-state index contributed by atoms with van der Waals surface area (Å²) in [5.41, 5.74) is 9.85. The van der Waals surface area contributed by atoms with Crippen LogP contribution in [0.1, 0.15) is 50.5 Å². The topological polar surface area (TPSA) is 103 Å². The fourth-order valence-corrected chi connectivity index (χ4v) is 4.92. The normalized spacial score (nSPS) is 14.3. The number of ether oxygens (including phenoxy) is 2. The molecule has 1 aliphatic rings. The fourth-order valence-electron chi connectivity index (χ4n) is 4.67. The Labute approximate surface area is 222 Å². The third kappa shape index (κ3) is 5.31.